The monoisotopic (exact) mass is 450 g/mol. The van der Waals surface area contributed by atoms with Crippen molar-refractivity contribution in [3.05, 3.63) is 54.1 Å². The van der Waals surface area contributed by atoms with Crippen LogP contribution in [-0.2, 0) is 4.79 Å². The van der Waals surface area contributed by atoms with Crippen LogP contribution in [0.25, 0.3) is 0 Å². The highest BCUT2D eigenvalue weighted by Gasteiger charge is 2.28. The summed E-state index contributed by atoms with van der Waals surface area (Å²) in [6, 6.07) is 16.4. The second kappa shape index (κ2) is 10.1. The number of rotatable bonds is 5. The first-order chi connectivity index (χ1) is 16.0. The molecule has 2 heterocycles. The number of piperidine rings is 1. The Kier molecular flexibility index (Phi) is 7.06. The van der Waals surface area contributed by atoms with Gasteiger partial charge in [-0.15, -0.1) is 0 Å². The van der Waals surface area contributed by atoms with Gasteiger partial charge in [-0.3, -0.25) is 4.79 Å². The van der Waals surface area contributed by atoms with Crippen LogP contribution in [0.15, 0.2) is 48.5 Å². The van der Waals surface area contributed by atoms with Crippen LogP contribution in [0.4, 0.5) is 16.2 Å². The molecule has 1 unspecified atom stereocenters. The molecule has 7 heteroatoms. The maximum absolute atomic E-state index is 12.8. The number of carbonyl (C=O) groups is 2. The van der Waals surface area contributed by atoms with Crippen molar-refractivity contribution in [3.8, 4) is 5.75 Å². The fourth-order valence-electron chi connectivity index (χ4n) is 4.90. The number of ether oxygens (including phenoxy) is 1. The van der Waals surface area contributed by atoms with E-state index < -0.39 is 0 Å². The molecule has 0 saturated carbocycles. The molecule has 2 aromatic carbocycles. The molecule has 2 aliphatic heterocycles. The maximum atomic E-state index is 12.8. The number of benzene rings is 2. The van der Waals surface area contributed by atoms with E-state index >= 15 is 0 Å². The third-order valence-electron chi connectivity index (χ3n) is 7.05. The van der Waals surface area contributed by atoms with Crippen LogP contribution in [-0.4, -0.2) is 68.1 Å². The quantitative estimate of drug-likeness (QED) is 0.743. The van der Waals surface area contributed by atoms with Crippen LogP contribution in [0, 0.1) is 0 Å². The normalized spacial score (nSPS) is 18.8. The van der Waals surface area contributed by atoms with Crippen LogP contribution < -0.4 is 15.0 Å². The Hall–Kier alpha value is -3.22. The minimum Gasteiger partial charge on any atom is -0.496 e. The van der Waals surface area contributed by atoms with Gasteiger partial charge in [-0.25, -0.2) is 4.79 Å². The largest absolute Gasteiger partial charge is 0.496 e. The minimum absolute atomic E-state index is 0.0504. The number of hydrogen-bond donors (Lipinski definition) is 1. The predicted octanol–water partition coefficient (Wildman–Crippen LogP) is 4.16. The molecule has 2 fully saturated rings. The fraction of sp³-hybridized carbons (Fsp3) is 0.462. The van der Waals surface area contributed by atoms with Gasteiger partial charge in [0.1, 0.15) is 5.75 Å². The van der Waals surface area contributed by atoms with Crippen molar-refractivity contribution < 1.29 is 14.3 Å². The number of urea groups is 1. The van der Waals surface area contributed by atoms with Crippen molar-refractivity contribution >= 4 is 23.3 Å². The van der Waals surface area contributed by atoms with Crippen LogP contribution in [0.3, 0.4) is 0 Å². The number of nitrogens with one attached hydrogen (secondary N) is 1. The molecule has 176 valence electrons. The van der Waals surface area contributed by atoms with Crippen LogP contribution in [0.5, 0.6) is 5.75 Å². The lowest BCUT2D eigenvalue weighted by Crippen LogP contribution is -2.40. The number of carbonyl (C=O) groups excluding carboxylic acids is 2. The fourth-order valence-corrected chi connectivity index (χ4v) is 4.90. The average Bonchev–Trinajstić information content (AvgIpc) is 3.34. The Balaban J connectivity index is 1.29. The molecule has 0 aromatic heterocycles. The third kappa shape index (κ3) is 5.24. The topological polar surface area (TPSA) is 65.1 Å². The molecule has 3 amide bonds. The standard InChI is InChI=1S/C26H34N4O3/c1-19(31)28(2)23-14-17-30(18-23)22-10-8-21(9-11-22)27-26(32)29-15-12-20(13-16-29)24-6-4-5-7-25(24)33-3/h4-11,20,23H,12-18H2,1-3H3,(H,27,32). The summed E-state index contributed by atoms with van der Waals surface area (Å²) in [4.78, 5) is 30.4. The number of para-hydroxylation sites is 1. The lowest BCUT2D eigenvalue weighted by atomic mass is 9.89. The summed E-state index contributed by atoms with van der Waals surface area (Å²) in [6.07, 6.45) is 2.83. The van der Waals surface area contributed by atoms with Gasteiger partial charge in [-0.1, -0.05) is 18.2 Å². The van der Waals surface area contributed by atoms with Gasteiger partial charge in [0.25, 0.3) is 0 Å². The summed E-state index contributed by atoms with van der Waals surface area (Å²) in [5.74, 6) is 1.44. The molecule has 2 aliphatic rings. The van der Waals surface area contributed by atoms with Crippen LogP contribution in [0.2, 0.25) is 0 Å². The Morgan fingerprint density at radius 3 is 2.36 bits per heavy atom. The average molecular weight is 451 g/mol. The predicted molar refractivity (Wildman–Crippen MR) is 131 cm³/mol. The second-order valence-corrected chi connectivity index (χ2v) is 9.00. The zero-order valence-corrected chi connectivity index (χ0v) is 19.8. The van der Waals surface area contributed by atoms with Gasteiger partial charge in [0, 0.05) is 51.5 Å². The lowest BCUT2D eigenvalue weighted by Gasteiger charge is -2.32. The molecule has 0 radical (unpaired) electrons. The molecular weight excluding hydrogens is 416 g/mol. The van der Waals surface area contributed by atoms with Gasteiger partial charge in [-0.05, 0) is 61.1 Å². The molecule has 1 N–H and O–H groups in total. The molecule has 33 heavy (non-hydrogen) atoms. The van der Waals surface area contributed by atoms with Crippen molar-refractivity contribution in [2.75, 3.05) is 50.6 Å². The van der Waals surface area contributed by atoms with Crippen molar-refractivity contribution in [1.82, 2.24) is 9.80 Å². The van der Waals surface area contributed by atoms with E-state index in [1.54, 1.807) is 14.0 Å². The van der Waals surface area contributed by atoms with Gasteiger partial charge >= 0.3 is 6.03 Å². The van der Waals surface area contributed by atoms with Crippen LogP contribution >= 0.6 is 0 Å². The van der Waals surface area contributed by atoms with E-state index in [2.05, 4.69) is 16.3 Å². The van der Waals surface area contributed by atoms with Gasteiger partial charge in [0.2, 0.25) is 5.91 Å². The first kappa shape index (κ1) is 23.0. The smallest absolute Gasteiger partial charge is 0.321 e. The molecule has 7 nitrogen and oxygen atoms in total. The van der Waals surface area contributed by atoms with E-state index in [4.69, 9.17) is 4.74 Å². The van der Waals surface area contributed by atoms with Crippen molar-refractivity contribution in [2.24, 2.45) is 0 Å². The van der Waals surface area contributed by atoms with E-state index in [1.165, 1.54) is 5.56 Å². The maximum Gasteiger partial charge on any atom is 0.321 e. The van der Waals surface area contributed by atoms with Gasteiger partial charge in [-0.2, -0.15) is 0 Å². The Bertz CT molecular complexity index is 970. The number of likely N-dealkylation sites (tertiary alicyclic amines) is 1. The summed E-state index contributed by atoms with van der Waals surface area (Å²) in [7, 11) is 3.58. The Morgan fingerprint density at radius 2 is 1.70 bits per heavy atom. The minimum atomic E-state index is -0.0504. The summed E-state index contributed by atoms with van der Waals surface area (Å²) in [5.41, 5.74) is 3.14. The number of amides is 3. The molecule has 2 aromatic rings. The lowest BCUT2D eigenvalue weighted by molar-refractivity contribution is -0.129. The zero-order chi connectivity index (χ0) is 23.4. The van der Waals surface area contributed by atoms with E-state index in [9.17, 15) is 9.59 Å². The summed E-state index contributed by atoms with van der Waals surface area (Å²) < 4.78 is 5.51. The highest BCUT2D eigenvalue weighted by Crippen LogP contribution is 2.34. The van der Waals surface area contributed by atoms with Gasteiger partial charge in [0.15, 0.2) is 0 Å². The molecule has 2 saturated heterocycles. The Morgan fingerprint density at radius 1 is 1.00 bits per heavy atom. The molecule has 1 atom stereocenters. The summed E-state index contributed by atoms with van der Waals surface area (Å²) >= 11 is 0. The van der Waals surface area contributed by atoms with E-state index in [0.29, 0.717) is 5.92 Å². The third-order valence-corrected chi connectivity index (χ3v) is 7.05. The first-order valence-electron chi connectivity index (χ1n) is 11.7. The SMILES string of the molecule is COc1ccccc1C1CCN(C(=O)Nc2ccc(N3CCC(N(C)C(C)=O)C3)cc2)CC1. The molecule has 0 aliphatic carbocycles. The number of methoxy groups -OCH3 is 1. The highest BCUT2D eigenvalue weighted by molar-refractivity contribution is 5.89. The summed E-state index contributed by atoms with van der Waals surface area (Å²) in [5, 5.41) is 3.04. The van der Waals surface area contributed by atoms with Crippen LogP contribution in [0.1, 0.15) is 37.7 Å². The molecular formula is C26H34N4O3. The van der Waals surface area contributed by atoms with E-state index in [0.717, 1.165) is 62.6 Å². The number of nitrogens with zero attached hydrogens (tertiary/aromatic N) is 3. The Labute approximate surface area is 196 Å². The molecule has 0 bridgehead atoms. The van der Waals surface area contributed by atoms with Gasteiger partial charge in [0.05, 0.1) is 13.2 Å². The molecule has 0 spiro atoms. The van der Waals surface area contributed by atoms with Crippen molar-refractivity contribution in [3.63, 3.8) is 0 Å². The highest BCUT2D eigenvalue weighted by atomic mass is 16.5. The zero-order valence-electron chi connectivity index (χ0n) is 19.8. The van der Waals surface area contributed by atoms with E-state index in [-0.39, 0.29) is 18.0 Å². The van der Waals surface area contributed by atoms with E-state index in [1.807, 2.05) is 59.3 Å². The van der Waals surface area contributed by atoms with Gasteiger partial charge < -0.3 is 24.8 Å². The summed E-state index contributed by atoms with van der Waals surface area (Å²) in [6.45, 7) is 4.83. The number of hydrogen-bond acceptors (Lipinski definition) is 4. The number of anilines is 2. The first-order valence-corrected chi connectivity index (χ1v) is 11.7. The second-order valence-electron chi connectivity index (χ2n) is 9.00. The number of likely N-dealkylation sites (N-methyl/N-ethyl adjacent to an activating group) is 1. The van der Waals surface area contributed by atoms with Crippen molar-refractivity contribution in [1.29, 1.82) is 0 Å². The van der Waals surface area contributed by atoms with Crippen molar-refractivity contribution in [2.45, 2.75) is 38.1 Å². The molecule has 4 rings (SSSR count).